The van der Waals surface area contributed by atoms with Crippen LogP contribution in [0.25, 0.3) is 0 Å². The Balaban J connectivity index is 2.36. The van der Waals surface area contributed by atoms with E-state index in [1.807, 2.05) is 6.07 Å². The first kappa shape index (κ1) is 13.8. The highest BCUT2D eigenvalue weighted by atomic mass is 79.9. The Morgan fingerprint density at radius 1 is 1.24 bits per heavy atom. The van der Waals surface area contributed by atoms with E-state index in [0.29, 0.717) is 4.34 Å². The molecule has 0 radical (unpaired) electrons. The number of alkyl halides is 1. The van der Waals surface area contributed by atoms with Crippen LogP contribution in [0.2, 0.25) is 9.36 Å². The molecule has 0 aliphatic heterocycles. The minimum absolute atomic E-state index is 0.0469. The van der Waals surface area contributed by atoms with Crippen molar-refractivity contribution >= 4 is 66.4 Å². The van der Waals surface area contributed by atoms with Crippen molar-refractivity contribution < 1.29 is 4.39 Å². The van der Waals surface area contributed by atoms with Crippen LogP contribution in [-0.4, -0.2) is 0 Å². The summed E-state index contributed by atoms with van der Waals surface area (Å²) in [5.74, 6) is -0.416. The molecule has 2 rings (SSSR count). The standard InChI is InChI=1S/C11H5Br2Cl2FS/c12-6-4-9(17-11(6)15)10(13)5-1-2-8(16)7(14)3-5/h1-4,10H. The van der Waals surface area contributed by atoms with Crippen LogP contribution in [-0.2, 0) is 0 Å². The minimum atomic E-state index is -0.416. The van der Waals surface area contributed by atoms with Gasteiger partial charge in [0.15, 0.2) is 0 Å². The summed E-state index contributed by atoms with van der Waals surface area (Å²) in [5, 5.41) is 0.119. The van der Waals surface area contributed by atoms with E-state index in [4.69, 9.17) is 23.2 Å². The summed E-state index contributed by atoms with van der Waals surface area (Å²) in [6.45, 7) is 0. The van der Waals surface area contributed by atoms with Gasteiger partial charge in [-0.1, -0.05) is 45.2 Å². The minimum Gasteiger partial charge on any atom is -0.205 e. The lowest BCUT2D eigenvalue weighted by molar-refractivity contribution is 0.627. The first-order chi connectivity index (χ1) is 7.99. The topological polar surface area (TPSA) is 0 Å². The van der Waals surface area contributed by atoms with Crippen molar-refractivity contribution in [1.82, 2.24) is 0 Å². The van der Waals surface area contributed by atoms with Crippen molar-refractivity contribution in [1.29, 1.82) is 0 Å². The van der Waals surface area contributed by atoms with Crippen molar-refractivity contribution in [2.75, 3.05) is 0 Å². The molecule has 0 saturated heterocycles. The molecule has 1 aromatic carbocycles. The highest BCUT2D eigenvalue weighted by Crippen LogP contribution is 2.41. The van der Waals surface area contributed by atoms with Crippen LogP contribution in [0.4, 0.5) is 4.39 Å². The van der Waals surface area contributed by atoms with Crippen LogP contribution in [0, 0.1) is 5.82 Å². The highest BCUT2D eigenvalue weighted by molar-refractivity contribution is 9.10. The zero-order valence-electron chi connectivity index (χ0n) is 8.18. The summed E-state index contributed by atoms with van der Waals surface area (Å²) in [6.07, 6.45) is 0. The molecule has 2 aromatic rings. The van der Waals surface area contributed by atoms with E-state index in [2.05, 4.69) is 31.9 Å². The highest BCUT2D eigenvalue weighted by Gasteiger charge is 2.16. The van der Waals surface area contributed by atoms with Gasteiger partial charge in [-0.3, -0.25) is 0 Å². The number of rotatable bonds is 2. The Bertz CT molecular complexity index is 537. The van der Waals surface area contributed by atoms with Gasteiger partial charge in [0.1, 0.15) is 10.2 Å². The number of hydrogen-bond acceptors (Lipinski definition) is 1. The summed E-state index contributed by atoms with van der Waals surface area (Å²) < 4.78 is 14.6. The summed E-state index contributed by atoms with van der Waals surface area (Å²) in [4.78, 5) is 0.985. The summed E-state index contributed by atoms with van der Waals surface area (Å²) in [7, 11) is 0. The van der Waals surface area contributed by atoms with Gasteiger partial charge in [0.05, 0.1) is 9.85 Å². The zero-order valence-corrected chi connectivity index (χ0v) is 13.7. The van der Waals surface area contributed by atoms with Gasteiger partial charge in [-0.2, -0.15) is 0 Å². The van der Waals surface area contributed by atoms with Gasteiger partial charge in [-0.05, 0) is 39.7 Å². The molecule has 0 saturated carbocycles. The van der Waals surface area contributed by atoms with Crippen LogP contribution < -0.4 is 0 Å². The average molecular weight is 419 g/mol. The lowest BCUT2D eigenvalue weighted by Crippen LogP contribution is -1.90. The van der Waals surface area contributed by atoms with Crippen LogP contribution in [0.15, 0.2) is 28.7 Å². The fourth-order valence-corrected chi connectivity index (χ4v) is 3.95. The molecule has 0 spiro atoms. The Hall–Kier alpha value is 0.390. The second-order valence-electron chi connectivity index (χ2n) is 3.31. The van der Waals surface area contributed by atoms with E-state index >= 15 is 0 Å². The van der Waals surface area contributed by atoms with Crippen molar-refractivity contribution in [2.45, 2.75) is 4.83 Å². The number of halogens is 5. The van der Waals surface area contributed by atoms with E-state index in [0.717, 1.165) is 14.9 Å². The third-order valence-electron chi connectivity index (χ3n) is 2.15. The summed E-state index contributed by atoms with van der Waals surface area (Å²) in [5.41, 5.74) is 0.891. The van der Waals surface area contributed by atoms with Crippen molar-refractivity contribution in [3.8, 4) is 0 Å². The predicted molar refractivity (Wildman–Crippen MR) is 79.2 cm³/mol. The molecule has 0 bridgehead atoms. The molecule has 17 heavy (non-hydrogen) atoms. The third-order valence-corrected chi connectivity index (χ3v) is 6.30. The molecule has 0 nitrogen and oxygen atoms in total. The van der Waals surface area contributed by atoms with Gasteiger partial charge in [-0.15, -0.1) is 11.3 Å². The summed E-state index contributed by atoms with van der Waals surface area (Å²) >= 11 is 20.1. The van der Waals surface area contributed by atoms with Crippen LogP contribution in [0.1, 0.15) is 15.3 Å². The Kier molecular flexibility index (Phi) is 4.53. The SMILES string of the molecule is Fc1ccc(C(Br)c2cc(Br)c(Cl)s2)cc1Cl. The fourth-order valence-electron chi connectivity index (χ4n) is 1.32. The molecule has 0 N–H and O–H groups in total. The summed E-state index contributed by atoms with van der Waals surface area (Å²) in [6, 6.07) is 6.60. The molecular formula is C11H5Br2Cl2FS. The fraction of sp³-hybridized carbons (Fsp3) is 0.0909. The number of thiophene rings is 1. The van der Waals surface area contributed by atoms with E-state index in [9.17, 15) is 4.39 Å². The first-order valence-electron chi connectivity index (χ1n) is 4.53. The lowest BCUT2D eigenvalue weighted by atomic mass is 10.1. The number of hydrogen-bond donors (Lipinski definition) is 0. The van der Waals surface area contributed by atoms with Crippen LogP contribution in [0.3, 0.4) is 0 Å². The maximum Gasteiger partial charge on any atom is 0.141 e. The van der Waals surface area contributed by atoms with Gasteiger partial charge >= 0.3 is 0 Å². The maximum absolute atomic E-state index is 13.1. The largest absolute Gasteiger partial charge is 0.205 e. The lowest BCUT2D eigenvalue weighted by Gasteiger charge is -2.08. The molecule has 0 amide bonds. The number of benzene rings is 1. The van der Waals surface area contributed by atoms with E-state index < -0.39 is 5.82 Å². The average Bonchev–Trinajstić information content (AvgIpc) is 2.62. The molecule has 0 aliphatic carbocycles. The predicted octanol–water partition coefficient (Wildman–Crippen LogP) is 6.44. The van der Waals surface area contributed by atoms with Gasteiger partial charge in [0, 0.05) is 9.35 Å². The van der Waals surface area contributed by atoms with Gasteiger partial charge < -0.3 is 0 Å². The van der Waals surface area contributed by atoms with Crippen molar-refractivity contribution in [2.24, 2.45) is 0 Å². The van der Waals surface area contributed by atoms with E-state index in [1.165, 1.54) is 17.4 Å². The molecule has 0 fully saturated rings. The molecule has 1 unspecified atom stereocenters. The Labute approximate surface area is 129 Å². The Morgan fingerprint density at radius 2 is 1.94 bits per heavy atom. The van der Waals surface area contributed by atoms with Gasteiger partial charge in [0.25, 0.3) is 0 Å². The van der Waals surface area contributed by atoms with E-state index in [-0.39, 0.29) is 9.85 Å². The Morgan fingerprint density at radius 3 is 2.47 bits per heavy atom. The second kappa shape index (κ2) is 5.57. The molecule has 1 heterocycles. The molecule has 90 valence electrons. The van der Waals surface area contributed by atoms with Gasteiger partial charge in [-0.25, -0.2) is 4.39 Å². The zero-order chi connectivity index (χ0) is 12.6. The van der Waals surface area contributed by atoms with E-state index in [1.54, 1.807) is 12.1 Å². The molecule has 1 aromatic heterocycles. The van der Waals surface area contributed by atoms with Crippen LogP contribution in [0.5, 0.6) is 0 Å². The normalized spacial score (nSPS) is 12.8. The molecule has 6 heteroatoms. The van der Waals surface area contributed by atoms with Crippen LogP contribution >= 0.6 is 66.4 Å². The second-order valence-corrected chi connectivity index (χ2v) is 7.17. The molecule has 0 aliphatic rings. The molecule has 1 atom stereocenters. The maximum atomic E-state index is 13.1. The smallest absolute Gasteiger partial charge is 0.141 e. The van der Waals surface area contributed by atoms with Crippen molar-refractivity contribution in [3.05, 3.63) is 54.4 Å². The van der Waals surface area contributed by atoms with Crippen molar-refractivity contribution in [3.63, 3.8) is 0 Å². The first-order valence-corrected chi connectivity index (χ1v) is 7.81. The van der Waals surface area contributed by atoms with Gasteiger partial charge in [0.2, 0.25) is 0 Å². The molecular weight excluding hydrogens is 414 g/mol. The monoisotopic (exact) mass is 416 g/mol. The third kappa shape index (κ3) is 3.04. The quantitative estimate of drug-likeness (QED) is 0.492.